The number of para-hydroxylation sites is 3. The van der Waals surface area contributed by atoms with Gasteiger partial charge in [0.05, 0.1) is 28.0 Å². The fraction of sp³-hybridized carbons (Fsp3) is 0. The predicted molar refractivity (Wildman–Crippen MR) is 169 cm³/mol. The second-order valence-corrected chi connectivity index (χ2v) is 10.5. The van der Waals surface area contributed by atoms with E-state index in [1.165, 1.54) is 10.8 Å². The van der Waals surface area contributed by atoms with Crippen molar-refractivity contribution in [2.45, 2.75) is 0 Å². The van der Waals surface area contributed by atoms with Crippen LogP contribution < -0.4 is 0 Å². The summed E-state index contributed by atoms with van der Waals surface area (Å²) in [6.45, 7) is 0. The molecule has 0 radical (unpaired) electrons. The van der Waals surface area contributed by atoms with Crippen molar-refractivity contribution >= 4 is 54.3 Å². The highest BCUT2D eigenvalue weighted by molar-refractivity contribution is 6.17. The van der Waals surface area contributed by atoms with E-state index in [9.17, 15) is 0 Å². The summed E-state index contributed by atoms with van der Waals surface area (Å²) in [5.74, 6) is 0.839. The maximum atomic E-state index is 6.75. The van der Waals surface area contributed by atoms with Crippen molar-refractivity contribution in [3.8, 4) is 33.8 Å². The van der Waals surface area contributed by atoms with Crippen LogP contribution in [0.25, 0.3) is 88.2 Å². The molecule has 2 aliphatic rings. The van der Waals surface area contributed by atoms with Crippen LogP contribution in [-0.4, -0.2) is 9.97 Å². The van der Waals surface area contributed by atoms with Crippen molar-refractivity contribution in [2.75, 3.05) is 0 Å². The zero-order valence-corrected chi connectivity index (χ0v) is 22.0. The van der Waals surface area contributed by atoms with Gasteiger partial charge in [0, 0.05) is 32.7 Å². The number of pyridine rings is 1. The van der Waals surface area contributed by atoms with E-state index in [0.29, 0.717) is 0 Å². The zero-order chi connectivity index (χ0) is 26.9. The van der Waals surface area contributed by atoms with E-state index in [4.69, 9.17) is 14.4 Å². The molecule has 0 saturated heterocycles. The molecule has 0 amide bonds. The number of fused-ring (bicyclic) bond motifs is 9. The Morgan fingerprint density at radius 1 is 0.366 bits per heavy atom. The van der Waals surface area contributed by atoms with Gasteiger partial charge < -0.3 is 4.42 Å². The normalized spacial score (nSPS) is 11.9. The van der Waals surface area contributed by atoms with E-state index < -0.39 is 0 Å². The molecule has 0 N–H and O–H groups in total. The highest BCUT2D eigenvalue weighted by atomic mass is 16.3. The van der Waals surface area contributed by atoms with Crippen LogP contribution in [0, 0.1) is 0 Å². The van der Waals surface area contributed by atoms with Gasteiger partial charge in [-0.1, -0.05) is 103 Å². The molecule has 6 aromatic carbocycles. The fourth-order valence-corrected chi connectivity index (χ4v) is 6.43. The third-order valence-electron chi connectivity index (χ3n) is 8.26. The Kier molecular flexibility index (Phi) is 4.61. The van der Waals surface area contributed by atoms with Crippen LogP contribution in [0.4, 0.5) is 0 Å². The highest BCUT2D eigenvalue weighted by Crippen LogP contribution is 2.47. The molecule has 190 valence electrons. The first kappa shape index (κ1) is 22.3. The molecule has 0 unspecified atom stereocenters. The van der Waals surface area contributed by atoms with Gasteiger partial charge in [-0.25, -0.2) is 9.97 Å². The minimum atomic E-state index is 0.827. The summed E-state index contributed by atoms with van der Waals surface area (Å²) < 4.78 is 6.75. The van der Waals surface area contributed by atoms with Gasteiger partial charge in [0.25, 0.3) is 0 Å². The lowest BCUT2D eigenvalue weighted by molar-refractivity contribution is 0.622. The average molecular weight is 523 g/mol. The molecule has 1 aromatic heterocycles. The van der Waals surface area contributed by atoms with E-state index in [-0.39, 0.29) is 0 Å². The largest absolute Gasteiger partial charge is 0.455 e. The van der Waals surface area contributed by atoms with E-state index >= 15 is 0 Å². The average Bonchev–Trinajstić information content (AvgIpc) is 3.44. The van der Waals surface area contributed by atoms with Gasteiger partial charge in [0.2, 0.25) is 0 Å². The summed E-state index contributed by atoms with van der Waals surface area (Å²) in [7, 11) is 0. The van der Waals surface area contributed by atoms with Crippen molar-refractivity contribution < 1.29 is 4.42 Å². The minimum Gasteiger partial charge on any atom is -0.455 e. The number of benzene rings is 6. The van der Waals surface area contributed by atoms with Gasteiger partial charge in [-0.2, -0.15) is 0 Å². The number of hydrogen-bond acceptors (Lipinski definition) is 3. The lowest BCUT2D eigenvalue weighted by Crippen LogP contribution is -1.93. The zero-order valence-electron chi connectivity index (χ0n) is 22.0. The van der Waals surface area contributed by atoms with Crippen LogP contribution in [0.2, 0.25) is 0 Å². The topological polar surface area (TPSA) is 38.9 Å². The summed E-state index contributed by atoms with van der Waals surface area (Å²) in [5.41, 5.74) is 7.95. The Morgan fingerprint density at radius 2 is 0.878 bits per heavy atom. The standard InChI is InChI=1S/C38H22N2O/c1-2-12-24-23(11-1)28(36-27-15-4-3-13-25(27)26-14-5-8-18-32(26)39-36)21-22-29(24)38-35-30-16-6-9-19-33(30)40-37(35)31-17-7-10-20-34(31)41-38/h1-22H. The van der Waals surface area contributed by atoms with Crippen LogP contribution in [0.3, 0.4) is 0 Å². The van der Waals surface area contributed by atoms with E-state index in [1.807, 2.05) is 24.3 Å². The number of rotatable bonds is 2. The number of aromatic nitrogens is 2. The molecular weight excluding hydrogens is 500 g/mol. The lowest BCUT2D eigenvalue weighted by atomic mass is 9.91. The second-order valence-electron chi connectivity index (χ2n) is 10.5. The van der Waals surface area contributed by atoms with Gasteiger partial charge in [-0.05, 0) is 46.5 Å². The maximum absolute atomic E-state index is 6.75. The lowest BCUT2D eigenvalue weighted by Gasteiger charge is -2.16. The van der Waals surface area contributed by atoms with Crippen LogP contribution >= 0.6 is 0 Å². The van der Waals surface area contributed by atoms with Crippen LogP contribution in [0.5, 0.6) is 0 Å². The van der Waals surface area contributed by atoms with Crippen molar-refractivity contribution in [3.63, 3.8) is 0 Å². The first-order chi connectivity index (χ1) is 20.3. The van der Waals surface area contributed by atoms with Crippen LogP contribution in [0.1, 0.15) is 0 Å². The Bertz CT molecular complexity index is 2440. The number of hydrogen-bond donors (Lipinski definition) is 0. The van der Waals surface area contributed by atoms with Crippen molar-refractivity contribution in [1.82, 2.24) is 9.97 Å². The molecule has 3 nitrogen and oxygen atoms in total. The maximum Gasteiger partial charge on any atom is 0.145 e. The molecule has 3 heteroatoms. The molecule has 0 atom stereocenters. The molecule has 0 fully saturated rings. The third kappa shape index (κ3) is 3.20. The smallest absolute Gasteiger partial charge is 0.145 e. The Hall–Kier alpha value is -5.54. The van der Waals surface area contributed by atoms with Gasteiger partial charge >= 0.3 is 0 Å². The molecule has 0 spiro atoms. The van der Waals surface area contributed by atoms with Crippen molar-refractivity contribution in [2.24, 2.45) is 0 Å². The predicted octanol–water partition coefficient (Wildman–Crippen LogP) is 10.3. The molecule has 0 aliphatic carbocycles. The summed E-state index contributed by atoms with van der Waals surface area (Å²) in [6, 6.07) is 46.4. The second kappa shape index (κ2) is 8.48. The summed E-state index contributed by atoms with van der Waals surface area (Å²) >= 11 is 0. The molecular formula is C38H22N2O. The Labute approximate surface area is 235 Å². The molecule has 9 rings (SSSR count). The third-order valence-corrected chi connectivity index (χ3v) is 8.26. The summed E-state index contributed by atoms with van der Waals surface area (Å²) in [4.78, 5) is 10.3. The molecule has 3 heterocycles. The molecule has 0 saturated carbocycles. The Balaban J connectivity index is 1.39. The van der Waals surface area contributed by atoms with Crippen LogP contribution in [0.15, 0.2) is 138 Å². The first-order valence-electron chi connectivity index (χ1n) is 13.9. The Morgan fingerprint density at radius 3 is 1.66 bits per heavy atom. The molecule has 7 aromatic rings. The van der Waals surface area contributed by atoms with E-state index in [1.54, 1.807) is 0 Å². The summed E-state index contributed by atoms with van der Waals surface area (Å²) in [5, 5.41) is 7.90. The highest BCUT2D eigenvalue weighted by Gasteiger charge is 2.24. The van der Waals surface area contributed by atoms with E-state index in [0.717, 1.165) is 77.4 Å². The first-order valence-corrected chi connectivity index (χ1v) is 13.9. The minimum absolute atomic E-state index is 0.827. The monoisotopic (exact) mass is 522 g/mol. The molecule has 2 aliphatic heterocycles. The van der Waals surface area contributed by atoms with Crippen molar-refractivity contribution in [1.29, 1.82) is 0 Å². The SMILES string of the molecule is c1ccc2c3c(-c4ccc(-c5nc6ccccc6c6ccccc56)c5ccccc45)oc4ccccc4c-3nc2c1. The van der Waals surface area contributed by atoms with E-state index in [2.05, 4.69) is 109 Å². The van der Waals surface area contributed by atoms with Crippen LogP contribution in [-0.2, 0) is 0 Å². The number of nitrogens with zero attached hydrogens (tertiary/aromatic N) is 2. The van der Waals surface area contributed by atoms with Gasteiger partial charge in [-0.15, -0.1) is 0 Å². The molecule has 41 heavy (non-hydrogen) atoms. The fourth-order valence-electron chi connectivity index (χ4n) is 6.43. The summed E-state index contributed by atoms with van der Waals surface area (Å²) in [6.07, 6.45) is 0. The van der Waals surface area contributed by atoms with Gasteiger partial charge in [0.15, 0.2) is 0 Å². The molecule has 0 bridgehead atoms. The quantitative estimate of drug-likeness (QED) is 0.212. The van der Waals surface area contributed by atoms with Gasteiger partial charge in [-0.3, -0.25) is 0 Å². The van der Waals surface area contributed by atoms with Crippen molar-refractivity contribution in [3.05, 3.63) is 133 Å². The van der Waals surface area contributed by atoms with Gasteiger partial charge in [0.1, 0.15) is 11.3 Å².